The molecule has 0 aliphatic rings. The Morgan fingerprint density at radius 1 is 1.38 bits per heavy atom. The number of rotatable bonds is 6. The highest BCUT2D eigenvalue weighted by Crippen LogP contribution is 1.98. The van der Waals surface area contributed by atoms with Crippen molar-refractivity contribution in [2.45, 2.75) is 39.9 Å². The summed E-state index contributed by atoms with van der Waals surface area (Å²) < 4.78 is 9.87. The van der Waals surface area contributed by atoms with E-state index in [-0.39, 0.29) is 12.2 Å². The van der Waals surface area contributed by atoms with Crippen LogP contribution in [0.4, 0.5) is 0 Å². The van der Waals surface area contributed by atoms with Crippen molar-refractivity contribution in [1.29, 1.82) is 0 Å². The van der Waals surface area contributed by atoms with Crippen LogP contribution in [0.25, 0.3) is 0 Å². The van der Waals surface area contributed by atoms with E-state index in [9.17, 15) is 9.59 Å². The molecule has 0 saturated carbocycles. The Morgan fingerprint density at radius 3 is 2.46 bits per heavy atom. The minimum absolute atomic E-state index is 0.181. The van der Waals surface area contributed by atoms with Gasteiger partial charge >= 0.3 is 5.97 Å². The Hall–Kier alpha value is -0.900. The van der Waals surface area contributed by atoms with Gasteiger partial charge in [-0.2, -0.15) is 0 Å². The van der Waals surface area contributed by atoms with Crippen LogP contribution in [0.2, 0.25) is 0 Å². The molecule has 4 heteroatoms. The molecule has 0 fully saturated rings. The molecule has 0 aromatic heterocycles. The summed E-state index contributed by atoms with van der Waals surface area (Å²) >= 11 is 0. The van der Waals surface area contributed by atoms with Crippen molar-refractivity contribution in [1.82, 2.24) is 0 Å². The first-order valence-electron chi connectivity index (χ1n) is 4.36. The van der Waals surface area contributed by atoms with E-state index in [2.05, 4.69) is 0 Å². The van der Waals surface area contributed by atoms with Crippen LogP contribution < -0.4 is 0 Å². The van der Waals surface area contributed by atoms with Crippen molar-refractivity contribution in [2.24, 2.45) is 0 Å². The molecule has 0 aromatic rings. The van der Waals surface area contributed by atoms with E-state index < -0.39 is 12.3 Å². The van der Waals surface area contributed by atoms with Crippen molar-refractivity contribution >= 4 is 11.8 Å². The van der Waals surface area contributed by atoms with Gasteiger partial charge in [-0.05, 0) is 20.3 Å². The molecule has 0 rings (SSSR count). The maximum absolute atomic E-state index is 10.9. The van der Waals surface area contributed by atoms with Crippen LogP contribution in [0, 0.1) is 0 Å². The highest BCUT2D eigenvalue weighted by Gasteiger charge is 2.10. The van der Waals surface area contributed by atoms with E-state index in [0.29, 0.717) is 6.61 Å². The van der Waals surface area contributed by atoms with Gasteiger partial charge in [0.1, 0.15) is 12.2 Å². The third kappa shape index (κ3) is 7.46. The molecule has 13 heavy (non-hydrogen) atoms. The summed E-state index contributed by atoms with van der Waals surface area (Å²) in [7, 11) is 0. The summed E-state index contributed by atoms with van der Waals surface area (Å²) in [5.41, 5.74) is 0. The van der Waals surface area contributed by atoms with Gasteiger partial charge in [0.2, 0.25) is 0 Å². The summed E-state index contributed by atoms with van der Waals surface area (Å²) in [5, 5.41) is 0. The predicted octanol–water partition coefficient (Wildman–Crippen LogP) is 1.28. The zero-order valence-corrected chi connectivity index (χ0v) is 8.33. The number of ketones is 1. The third-order valence-electron chi connectivity index (χ3n) is 1.25. The Bertz CT molecular complexity index is 176. The molecule has 0 N–H and O–H groups in total. The summed E-state index contributed by atoms with van der Waals surface area (Å²) in [5.74, 6) is -0.733. The second-order valence-electron chi connectivity index (χ2n) is 2.81. The minimum atomic E-state index is -0.563. The van der Waals surface area contributed by atoms with Crippen LogP contribution in [-0.2, 0) is 19.1 Å². The smallest absolute Gasteiger partial charge is 0.315 e. The van der Waals surface area contributed by atoms with E-state index >= 15 is 0 Å². The standard InChI is InChI=1S/C9H16O4/c1-4-5-12-8(3)13-9(11)6-7(2)10/h8H,4-6H2,1-3H3. The molecule has 76 valence electrons. The van der Waals surface area contributed by atoms with Crippen LogP contribution in [0.1, 0.15) is 33.6 Å². The predicted molar refractivity (Wildman–Crippen MR) is 47.1 cm³/mol. The molecule has 0 radical (unpaired) electrons. The minimum Gasteiger partial charge on any atom is -0.436 e. The number of Topliss-reactive ketones (excluding diaryl/α,β-unsaturated/α-hetero) is 1. The molecule has 0 amide bonds. The van der Waals surface area contributed by atoms with Crippen molar-refractivity contribution in [3.8, 4) is 0 Å². The Kier molecular flexibility index (Phi) is 6.14. The van der Waals surface area contributed by atoms with E-state index in [4.69, 9.17) is 9.47 Å². The summed E-state index contributed by atoms with van der Waals surface area (Å²) in [6.45, 7) is 5.49. The van der Waals surface area contributed by atoms with Gasteiger partial charge < -0.3 is 9.47 Å². The second kappa shape index (κ2) is 6.60. The second-order valence-corrected chi connectivity index (χ2v) is 2.81. The van der Waals surface area contributed by atoms with Crippen LogP contribution in [-0.4, -0.2) is 24.6 Å². The van der Waals surface area contributed by atoms with Crippen molar-refractivity contribution in [3.05, 3.63) is 0 Å². The summed E-state index contributed by atoms with van der Waals surface area (Å²) in [4.78, 5) is 21.4. The number of hydrogen-bond donors (Lipinski definition) is 0. The molecule has 1 atom stereocenters. The first-order valence-corrected chi connectivity index (χ1v) is 4.36. The largest absolute Gasteiger partial charge is 0.436 e. The van der Waals surface area contributed by atoms with Crippen LogP contribution in [0.3, 0.4) is 0 Å². The molecule has 0 aliphatic carbocycles. The van der Waals surface area contributed by atoms with Crippen LogP contribution >= 0.6 is 0 Å². The fourth-order valence-electron chi connectivity index (χ4n) is 0.748. The molecule has 4 nitrogen and oxygen atoms in total. The lowest BCUT2D eigenvalue weighted by atomic mass is 10.3. The molecule has 0 bridgehead atoms. The van der Waals surface area contributed by atoms with E-state index in [0.717, 1.165) is 6.42 Å². The lowest BCUT2D eigenvalue weighted by Crippen LogP contribution is -2.19. The average molecular weight is 188 g/mol. The number of carbonyl (C=O) groups is 2. The van der Waals surface area contributed by atoms with E-state index in [1.54, 1.807) is 6.92 Å². The average Bonchev–Trinajstić information content (AvgIpc) is 1.98. The van der Waals surface area contributed by atoms with Crippen molar-refractivity contribution < 1.29 is 19.1 Å². The van der Waals surface area contributed by atoms with E-state index in [1.807, 2.05) is 6.92 Å². The Labute approximate surface area is 78.2 Å². The Morgan fingerprint density at radius 2 is 2.00 bits per heavy atom. The van der Waals surface area contributed by atoms with Gasteiger partial charge in [-0.1, -0.05) is 6.92 Å². The molecule has 0 heterocycles. The van der Waals surface area contributed by atoms with Crippen molar-refractivity contribution in [2.75, 3.05) is 6.61 Å². The third-order valence-corrected chi connectivity index (χ3v) is 1.25. The van der Waals surface area contributed by atoms with Gasteiger partial charge in [-0.25, -0.2) is 0 Å². The monoisotopic (exact) mass is 188 g/mol. The highest BCUT2D eigenvalue weighted by molar-refractivity contribution is 5.94. The van der Waals surface area contributed by atoms with Crippen LogP contribution in [0.15, 0.2) is 0 Å². The fraction of sp³-hybridized carbons (Fsp3) is 0.778. The van der Waals surface area contributed by atoms with Crippen LogP contribution in [0.5, 0.6) is 0 Å². The maximum atomic E-state index is 10.9. The lowest BCUT2D eigenvalue weighted by molar-refractivity contribution is -0.174. The summed E-state index contributed by atoms with van der Waals surface area (Å²) in [6, 6.07) is 0. The summed E-state index contributed by atoms with van der Waals surface area (Å²) in [6.07, 6.45) is 0.126. The zero-order valence-electron chi connectivity index (χ0n) is 8.33. The normalized spacial score (nSPS) is 12.2. The number of ether oxygens (including phenoxy) is 2. The number of carbonyl (C=O) groups excluding carboxylic acids is 2. The fourth-order valence-corrected chi connectivity index (χ4v) is 0.748. The number of hydrogen-bond acceptors (Lipinski definition) is 4. The molecule has 1 unspecified atom stereocenters. The highest BCUT2D eigenvalue weighted by atomic mass is 16.7. The number of esters is 1. The van der Waals surface area contributed by atoms with Gasteiger partial charge in [-0.15, -0.1) is 0 Å². The van der Waals surface area contributed by atoms with Gasteiger partial charge in [-0.3, -0.25) is 9.59 Å². The molecular formula is C9H16O4. The quantitative estimate of drug-likeness (QED) is 0.358. The van der Waals surface area contributed by atoms with Crippen molar-refractivity contribution in [3.63, 3.8) is 0 Å². The molecular weight excluding hydrogens is 172 g/mol. The van der Waals surface area contributed by atoms with Gasteiger partial charge in [0.25, 0.3) is 0 Å². The molecule has 0 aliphatic heterocycles. The topological polar surface area (TPSA) is 52.6 Å². The molecule has 0 spiro atoms. The van der Waals surface area contributed by atoms with Gasteiger partial charge in [0, 0.05) is 0 Å². The van der Waals surface area contributed by atoms with Gasteiger partial charge in [0.05, 0.1) is 6.61 Å². The first-order chi connectivity index (χ1) is 6.06. The Balaban J connectivity index is 3.59. The zero-order chi connectivity index (χ0) is 10.3. The SMILES string of the molecule is CCCOC(C)OC(=O)CC(C)=O. The molecule has 0 saturated heterocycles. The van der Waals surface area contributed by atoms with Gasteiger partial charge in [0.15, 0.2) is 6.29 Å². The lowest BCUT2D eigenvalue weighted by Gasteiger charge is -2.12. The first kappa shape index (κ1) is 12.1. The molecule has 0 aromatic carbocycles. The maximum Gasteiger partial charge on any atom is 0.315 e. The van der Waals surface area contributed by atoms with E-state index in [1.165, 1.54) is 6.92 Å².